The standard InChI is InChI=1S/C33H45N5O6/c1-6-21(4)44-31(41)17-30(40)27(14-20(2)3)37-33(43)29(16-25-18-34-19-35-25)38-32(42)28(36-22(5)39)15-24-12-9-11-23-10-7-8-13-26(23)24/h7-13,18-21,27-30,40H,6,14-17H2,1-5H3,(H,34,35)(H,36,39)(H,37,43)(H,38,42)/t21?,27-,28-,29?,30-/m0/s1. The number of benzene rings is 2. The SMILES string of the molecule is CCC(C)OC(=O)C[C@H](O)[C@H](CC(C)C)NC(=O)C(Cc1cnc[nH]1)NC(=O)[C@H](Cc1cccc2ccccc12)NC(C)=O. The van der Waals surface area contributed by atoms with Gasteiger partial charge in [-0.1, -0.05) is 63.2 Å². The second-order valence-electron chi connectivity index (χ2n) is 11.7. The third kappa shape index (κ3) is 10.5. The number of rotatable bonds is 16. The molecule has 3 rings (SSSR count). The number of aliphatic hydroxyl groups is 1. The molecule has 0 bridgehead atoms. The Morgan fingerprint density at radius 2 is 1.61 bits per heavy atom. The molecule has 1 aromatic heterocycles. The number of hydrogen-bond donors (Lipinski definition) is 5. The molecule has 0 saturated heterocycles. The van der Waals surface area contributed by atoms with Crippen molar-refractivity contribution < 1.29 is 29.0 Å². The van der Waals surface area contributed by atoms with Gasteiger partial charge in [-0.3, -0.25) is 19.2 Å². The lowest BCUT2D eigenvalue weighted by Gasteiger charge is -2.29. The molecule has 0 aliphatic heterocycles. The van der Waals surface area contributed by atoms with E-state index in [1.165, 1.54) is 13.3 Å². The van der Waals surface area contributed by atoms with Crippen LogP contribution in [0.3, 0.4) is 0 Å². The Bertz CT molecular complexity index is 1390. The molecule has 0 fully saturated rings. The molecule has 0 radical (unpaired) electrons. The summed E-state index contributed by atoms with van der Waals surface area (Å²) >= 11 is 0. The van der Waals surface area contributed by atoms with Gasteiger partial charge in [0.05, 0.1) is 31.0 Å². The number of nitrogens with one attached hydrogen (secondary N) is 4. The van der Waals surface area contributed by atoms with Gasteiger partial charge in [-0.05, 0) is 42.0 Å². The van der Waals surface area contributed by atoms with Crippen LogP contribution in [-0.2, 0) is 36.8 Å². The minimum Gasteiger partial charge on any atom is -0.463 e. The zero-order chi connectivity index (χ0) is 32.2. The summed E-state index contributed by atoms with van der Waals surface area (Å²) in [6, 6.07) is 10.8. The minimum atomic E-state index is -1.19. The predicted octanol–water partition coefficient (Wildman–Crippen LogP) is 2.96. The molecule has 1 heterocycles. The second-order valence-corrected chi connectivity index (χ2v) is 11.7. The van der Waals surface area contributed by atoms with Gasteiger partial charge in [0.25, 0.3) is 0 Å². The van der Waals surface area contributed by atoms with Crippen LogP contribution < -0.4 is 16.0 Å². The predicted molar refractivity (Wildman–Crippen MR) is 167 cm³/mol. The van der Waals surface area contributed by atoms with Gasteiger partial charge in [-0.25, -0.2) is 4.98 Å². The zero-order valence-corrected chi connectivity index (χ0v) is 26.1. The van der Waals surface area contributed by atoms with E-state index in [0.29, 0.717) is 18.5 Å². The lowest BCUT2D eigenvalue weighted by molar-refractivity contribution is -0.151. The van der Waals surface area contributed by atoms with Crippen LogP contribution in [-0.4, -0.2) is 69.1 Å². The molecular weight excluding hydrogens is 562 g/mol. The fourth-order valence-electron chi connectivity index (χ4n) is 5.02. The molecule has 0 aliphatic carbocycles. The van der Waals surface area contributed by atoms with Crippen molar-refractivity contribution in [1.82, 2.24) is 25.9 Å². The number of carbonyl (C=O) groups excluding carboxylic acids is 4. The maximum atomic E-state index is 13.7. The molecule has 3 amide bonds. The minimum absolute atomic E-state index is 0.0825. The van der Waals surface area contributed by atoms with E-state index >= 15 is 0 Å². The van der Waals surface area contributed by atoms with Crippen LogP contribution in [0, 0.1) is 5.92 Å². The molecule has 11 nitrogen and oxygen atoms in total. The summed E-state index contributed by atoms with van der Waals surface area (Å²) in [5, 5.41) is 21.3. The van der Waals surface area contributed by atoms with E-state index in [4.69, 9.17) is 4.74 Å². The molecular formula is C33H45N5O6. The lowest BCUT2D eigenvalue weighted by atomic mass is 9.96. The highest BCUT2D eigenvalue weighted by atomic mass is 16.5. The van der Waals surface area contributed by atoms with E-state index in [2.05, 4.69) is 25.9 Å². The van der Waals surface area contributed by atoms with Crippen molar-refractivity contribution in [3.05, 3.63) is 66.2 Å². The van der Waals surface area contributed by atoms with Gasteiger partial charge in [-0.2, -0.15) is 0 Å². The summed E-state index contributed by atoms with van der Waals surface area (Å²) in [6.07, 6.45) is 2.59. The van der Waals surface area contributed by atoms with Crippen LogP contribution >= 0.6 is 0 Å². The largest absolute Gasteiger partial charge is 0.463 e. The summed E-state index contributed by atoms with van der Waals surface area (Å²) < 4.78 is 5.32. The average molecular weight is 608 g/mol. The first-order valence-electron chi connectivity index (χ1n) is 15.2. The quantitative estimate of drug-likeness (QED) is 0.156. The third-order valence-electron chi connectivity index (χ3n) is 7.41. The van der Waals surface area contributed by atoms with Gasteiger partial charge in [0, 0.05) is 31.7 Å². The summed E-state index contributed by atoms with van der Waals surface area (Å²) in [5.74, 6) is -1.93. The molecule has 11 heteroatoms. The van der Waals surface area contributed by atoms with E-state index < -0.39 is 42.0 Å². The molecule has 2 aromatic carbocycles. The van der Waals surface area contributed by atoms with Crippen LogP contribution in [0.4, 0.5) is 0 Å². The summed E-state index contributed by atoms with van der Waals surface area (Å²) in [4.78, 5) is 58.9. The number of nitrogens with zero attached hydrogens (tertiary/aromatic N) is 1. The van der Waals surface area contributed by atoms with Crippen molar-refractivity contribution in [1.29, 1.82) is 0 Å². The molecule has 0 saturated carbocycles. The van der Waals surface area contributed by atoms with E-state index in [-0.39, 0.29) is 37.2 Å². The van der Waals surface area contributed by atoms with Crippen LogP contribution in [0.2, 0.25) is 0 Å². The topological polar surface area (TPSA) is 163 Å². The van der Waals surface area contributed by atoms with Crippen LogP contribution in [0.15, 0.2) is 55.0 Å². The zero-order valence-electron chi connectivity index (χ0n) is 26.1. The van der Waals surface area contributed by atoms with Crippen LogP contribution in [0.25, 0.3) is 10.8 Å². The number of ether oxygens (including phenoxy) is 1. The number of amides is 3. The van der Waals surface area contributed by atoms with E-state index in [9.17, 15) is 24.3 Å². The number of H-pyrrole nitrogens is 1. The Morgan fingerprint density at radius 3 is 2.27 bits per heavy atom. The van der Waals surface area contributed by atoms with Gasteiger partial charge >= 0.3 is 5.97 Å². The highest BCUT2D eigenvalue weighted by Crippen LogP contribution is 2.20. The molecule has 5 N–H and O–H groups in total. The van der Waals surface area contributed by atoms with Gasteiger partial charge in [-0.15, -0.1) is 0 Å². The fourth-order valence-corrected chi connectivity index (χ4v) is 5.02. The van der Waals surface area contributed by atoms with Crippen LogP contribution in [0.5, 0.6) is 0 Å². The smallest absolute Gasteiger partial charge is 0.308 e. The Morgan fingerprint density at radius 1 is 0.932 bits per heavy atom. The number of aliphatic hydroxyl groups excluding tert-OH is 1. The number of carbonyl (C=O) groups is 4. The number of fused-ring (bicyclic) bond motifs is 1. The van der Waals surface area contributed by atoms with E-state index in [0.717, 1.165) is 16.3 Å². The Balaban J connectivity index is 1.82. The molecule has 44 heavy (non-hydrogen) atoms. The van der Waals surface area contributed by atoms with Gasteiger partial charge < -0.3 is 30.8 Å². The molecule has 238 valence electrons. The monoisotopic (exact) mass is 607 g/mol. The maximum absolute atomic E-state index is 13.7. The third-order valence-corrected chi connectivity index (χ3v) is 7.41. The number of imidazole rings is 1. The van der Waals surface area contributed by atoms with Crippen molar-refractivity contribution >= 4 is 34.5 Å². The lowest BCUT2D eigenvalue weighted by Crippen LogP contribution is -2.57. The summed E-state index contributed by atoms with van der Waals surface area (Å²) in [6.45, 7) is 8.89. The first-order valence-corrected chi connectivity index (χ1v) is 15.2. The van der Waals surface area contributed by atoms with Gasteiger partial charge in [0.1, 0.15) is 12.1 Å². The Kier molecular flexibility index (Phi) is 12.9. The Labute approximate surface area is 258 Å². The Hall–Kier alpha value is -4.25. The van der Waals surface area contributed by atoms with Crippen molar-refractivity contribution in [2.45, 2.75) is 97.1 Å². The maximum Gasteiger partial charge on any atom is 0.308 e. The highest BCUT2D eigenvalue weighted by molar-refractivity contribution is 5.93. The molecule has 2 unspecified atom stereocenters. The summed E-state index contributed by atoms with van der Waals surface area (Å²) in [5.41, 5.74) is 1.48. The van der Waals surface area contributed by atoms with Crippen molar-refractivity contribution in [2.24, 2.45) is 5.92 Å². The first kappa shape index (κ1) is 34.2. The van der Waals surface area contributed by atoms with Crippen molar-refractivity contribution in [3.63, 3.8) is 0 Å². The second kappa shape index (κ2) is 16.6. The van der Waals surface area contributed by atoms with E-state index in [1.54, 1.807) is 13.1 Å². The molecule has 5 atom stereocenters. The molecule has 0 spiro atoms. The van der Waals surface area contributed by atoms with Crippen molar-refractivity contribution in [2.75, 3.05) is 0 Å². The fraction of sp³-hybridized carbons (Fsp3) is 0.485. The van der Waals surface area contributed by atoms with Crippen LogP contribution in [0.1, 0.15) is 65.1 Å². The normalized spacial score (nSPS) is 14.7. The average Bonchev–Trinajstić information content (AvgIpc) is 3.48. The molecule has 3 aromatic rings. The number of esters is 1. The van der Waals surface area contributed by atoms with Crippen molar-refractivity contribution in [3.8, 4) is 0 Å². The summed E-state index contributed by atoms with van der Waals surface area (Å²) in [7, 11) is 0. The number of aromatic amines is 1. The number of hydrogen-bond acceptors (Lipinski definition) is 7. The highest BCUT2D eigenvalue weighted by Gasteiger charge is 2.31. The van der Waals surface area contributed by atoms with Gasteiger partial charge in [0.2, 0.25) is 17.7 Å². The van der Waals surface area contributed by atoms with E-state index in [1.807, 2.05) is 63.2 Å². The van der Waals surface area contributed by atoms with Gasteiger partial charge in [0.15, 0.2) is 0 Å². The number of aromatic nitrogens is 2. The first-order chi connectivity index (χ1) is 21.0. The molecule has 0 aliphatic rings.